The molecule has 112 valence electrons. The van der Waals surface area contributed by atoms with Gasteiger partial charge in [-0.15, -0.1) is 0 Å². The molecule has 0 aromatic heterocycles. The summed E-state index contributed by atoms with van der Waals surface area (Å²) >= 11 is 14.2. The second kappa shape index (κ2) is 7.45. The van der Waals surface area contributed by atoms with Gasteiger partial charge in [0.15, 0.2) is 0 Å². The van der Waals surface area contributed by atoms with Crippen LogP contribution in [0.25, 0.3) is 0 Å². The molecule has 0 spiro atoms. The zero-order valence-electron chi connectivity index (χ0n) is 11.0. The van der Waals surface area contributed by atoms with Crippen LogP contribution in [0.1, 0.15) is 5.56 Å². The third kappa shape index (κ3) is 4.32. The van der Waals surface area contributed by atoms with Crippen molar-refractivity contribution in [3.63, 3.8) is 0 Å². The van der Waals surface area contributed by atoms with E-state index in [9.17, 15) is 10.1 Å². The third-order valence-electron chi connectivity index (χ3n) is 2.55. The van der Waals surface area contributed by atoms with Gasteiger partial charge in [0.1, 0.15) is 9.40 Å². The van der Waals surface area contributed by atoms with Crippen LogP contribution < -0.4 is 0 Å². The molecule has 1 aromatic rings. The van der Waals surface area contributed by atoms with Gasteiger partial charge in [-0.3, -0.25) is 10.1 Å². The van der Waals surface area contributed by atoms with Crippen LogP contribution in [0.5, 0.6) is 0 Å². The molecule has 1 heterocycles. The number of nitrogens with zero attached hydrogens (tertiary/aromatic N) is 1. The molecular weight excluding hydrogens is 353 g/mol. The van der Waals surface area contributed by atoms with Crippen LogP contribution in [-0.2, 0) is 4.74 Å². The topological polar surface area (TPSA) is 52.4 Å². The third-order valence-corrected chi connectivity index (χ3v) is 5.21. The highest BCUT2D eigenvalue weighted by Crippen LogP contribution is 2.41. The first-order chi connectivity index (χ1) is 9.99. The van der Waals surface area contributed by atoms with Crippen molar-refractivity contribution in [2.75, 3.05) is 12.4 Å². The number of aryl methyl sites for hydroxylation is 1. The van der Waals surface area contributed by atoms with Gasteiger partial charge in [0.05, 0.1) is 11.5 Å². The molecule has 0 unspecified atom stereocenters. The van der Waals surface area contributed by atoms with Crippen molar-refractivity contribution < 1.29 is 9.66 Å². The zero-order chi connectivity index (χ0) is 15.4. The SMILES string of the molecule is Cc1ccc(SC(=C(Cl)Cl)C(=C2OCCS2)[N+](=O)[O-])cc1. The largest absolute Gasteiger partial charge is 0.481 e. The molecule has 1 saturated heterocycles. The van der Waals surface area contributed by atoms with Crippen LogP contribution in [0.4, 0.5) is 0 Å². The maximum atomic E-state index is 11.4. The molecule has 0 N–H and O–H groups in total. The molecule has 0 radical (unpaired) electrons. The van der Waals surface area contributed by atoms with Crippen LogP contribution in [0.15, 0.2) is 49.3 Å². The average molecular weight is 364 g/mol. The van der Waals surface area contributed by atoms with E-state index in [4.69, 9.17) is 27.9 Å². The quantitative estimate of drug-likeness (QED) is 0.430. The fourth-order valence-electron chi connectivity index (χ4n) is 1.60. The summed E-state index contributed by atoms with van der Waals surface area (Å²) in [5.41, 5.74) is 0.924. The Hall–Kier alpha value is -0.820. The summed E-state index contributed by atoms with van der Waals surface area (Å²) in [5, 5.41) is 11.6. The molecule has 1 aliphatic heterocycles. The Balaban J connectivity index is 2.38. The fourth-order valence-corrected chi connectivity index (χ4v) is 3.75. The number of nitro groups is 1. The Kier molecular flexibility index (Phi) is 5.87. The highest BCUT2D eigenvalue weighted by molar-refractivity contribution is 8.04. The molecule has 0 atom stereocenters. The van der Waals surface area contributed by atoms with E-state index in [-0.39, 0.29) is 20.2 Å². The minimum Gasteiger partial charge on any atom is -0.481 e. The van der Waals surface area contributed by atoms with Gasteiger partial charge in [0.2, 0.25) is 5.09 Å². The predicted octanol–water partition coefficient (Wildman–Crippen LogP) is 4.94. The lowest BCUT2D eigenvalue weighted by atomic mass is 10.2. The van der Waals surface area contributed by atoms with Gasteiger partial charge < -0.3 is 4.74 Å². The lowest BCUT2D eigenvalue weighted by molar-refractivity contribution is -0.421. The maximum absolute atomic E-state index is 11.4. The normalized spacial score (nSPS) is 16.3. The Bertz CT molecular complexity index is 602. The lowest BCUT2D eigenvalue weighted by Gasteiger charge is -2.07. The Morgan fingerprint density at radius 1 is 1.38 bits per heavy atom. The minimum atomic E-state index is -0.505. The van der Waals surface area contributed by atoms with Gasteiger partial charge in [-0.05, 0) is 19.1 Å². The van der Waals surface area contributed by atoms with E-state index in [0.717, 1.165) is 22.2 Å². The summed E-state index contributed by atoms with van der Waals surface area (Å²) in [4.78, 5) is 11.9. The average Bonchev–Trinajstić information content (AvgIpc) is 2.93. The number of benzene rings is 1. The smallest absolute Gasteiger partial charge is 0.333 e. The van der Waals surface area contributed by atoms with Crippen LogP contribution in [0.3, 0.4) is 0 Å². The summed E-state index contributed by atoms with van der Waals surface area (Å²) < 4.78 is 5.16. The number of halogens is 2. The Labute approximate surface area is 140 Å². The summed E-state index contributed by atoms with van der Waals surface area (Å²) in [6.07, 6.45) is 0. The fraction of sp³-hybridized carbons (Fsp3) is 0.231. The first-order valence-electron chi connectivity index (χ1n) is 5.93. The van der Waals surface area contributed by atoms with Crippen molar-refractivity contribution in [3.05, 3.63) is 60.1 Å². The molecule has 8 heteroatoms. The van der Waals surface area contributed by atoms with Gasteiger partial charge >= 0.3 is 5.70 Å². The summed E-state index contributed by atoms with van der Waals surface area (Å²) in [7, 11) is 0. The van der Waals surface area contributed by atoms with Gasteiger partial charge in [-0.25, -0.2) is 0 Å². The molecule has 1 aromatic carbocycles. The van der Waals surface area contributed by atoms with Crippen LogP contribution in [-0.4, -0.2) is 17.3 Å². The van der Waals surface area contributed by atoms with Gasteiger partial charge in [0.25, 0.3) is 0 Å². The second-order valence-electron chi connectivity index (χ2n) is 4.09. The van der Waals surface area contributed by atoms with E-state index in [1.165, 1.54) is 11.8 Å². The number of hydrogen-bond donors (Lipinski definition) is 0. The van der Waals surface area contributed by atoms with Crippen molar-refractivity contribution in [3.8, 4) is 0 Å². The second-order valence-corrected chi connectivity index (χ2v) is 7.20. The van der Waals surface area contributed by atoms with Crippen molar-refractivity contribution >= 4 is 46.7 Å². The molecule has 0 amide bonds. The van der Waals surface area contributed by atoms with E-state index in [0.29, 0.717) is 12.4 Å². The maximum Gasteiger partial charge on any atom is 0.333 e. The first kappa shape index (κ1) is 16.5. The molecule has 0 saturated carbocycles. The molecule has 1 aliphatic rings. The molecular formula is C13H11Cl2NO3S2. The zero-order valence-corrected chi connectivity index (χ0v) is 14.1. The Morgan fingerprint density at radius 3 is 2.52 bits per heavy atom. The van der Waals surface area contributed by atoms with Gasteiger partial charge in [-0.2, -0.15) is 0 Å². The van der Waals surface area contributed by atoms with E-state index >= 15 is 0 Å². The standard InChI is InChI=1S/C13H11Cl2NO3S2/c1-8-2-4-9(5-3-8)21-11(12(14)15)10(16(17)18)13-19-6-7-20-13/h2-5H,6-7H2,1H3. The minimum absolute atomic E-state index is 0.143. The van der Waals surface area contributed by atoms with E-state index < -0.39 is 4.92 Å². The van der Waals surface area contributed by atoms with Crippen molar-refractivity contribution in [2.45, 2.75) is 11.8 Å². The Morgan fingerprint density at radius 2 is 2.05 bits per heavy atom. The van der Waals surface area contributed by atoms with Gasteiger partial charge in [0, 0.05) is 10.6 Å². The lowest BCUT2D eigenvalue weighted by Crippen LogP contribution is -2.04. The highest BCUT2D eigenvalue weighted by atomic mass is 35.5. The molecule has 0 aliphatic carbocycles. The number of rotatable bonds is 4. The number of ether oxygens (including phenoxy) is 1. The monoisotopic (exact) mass is 363 g/mol. The summed E-state index contributed by atoms with van der Waals surface area (Å²) in [6, 6.07) is 7.56. The van der Waals surface area contributed by atoms with Gasteiger partial charge in [-0.1, -0.05) is 64.4 Å². The molecule has 4 nitrogen and oxygen atoms in total. The van der Waals surface area contributed by atoms with E-state index in [1.54, 1.807) is 0 Å². The molecule has 21 heavy (non-hydrogen) atoms. The van der Waals surface area contributed by atoms with Crippen LogP contribution in [0, 0.1) is 17.0 Å². The number of thioether (sulfide) groups is 2. The summed E-state index contributed by atoms with van der Waals surface area (Å²) in [5.74, 6) is 0.676. The first-order valence-corrected chi connectivity index (χ1v) is 8.49. The molecule has 1 fully saturated rings. The van der Waals surface area contributed by atoms with Crippen LogP contribution in [0.2, 0.25) is 0 Å². The van der Waals surface area contributed by atoms with Crippen molar-refractivity contribution in [1.82, 2.24) is 0 Å². The highest BCUT2D eigenvalue weighted by Gasteiger charge is 2.31. The molecule has 0 bridgehead atoms. The molecule has 2 rings (SSSR count). The number of hydrogen-bond acceptors (Lipinski definition) is 5. The van der Waals surface area contributed by atoms with Crippen molar-refractivity contribution in [1.29, 1.82) is 0 Å². The van der Waals surface area contributed by atoms with E-state index in [1.807, 2.05) is 31.2 Å². The van der Waals surface area contributed by atoms with E-state index in [2.05, 4.69) is 0 Å². The van der Waals surface area contributed by atoms with Crippen molar-refractivity contribution in [2.24, 2.45) is 0 Å². The predicted molar refractivity (Wildman–Crippen MR) is 88.2 cm³/mol. The van der Waals surface area contributed by atoms with Crippen LogP contribution >= 0.6 is 46.7 Å². The summed E-state index contributed by atoms with van der Waals surface area (Å²) in [6.45, 7) is 2.41.